The Morgan fingerprint density at radius 2 is 1.82 bits per heavy atom. The first-order valence-electron chi connectivity index (χ1n) is 13.3. The minimum atomic E-state index is -2.90. The summed E-state index contributed by atoms with van der Waals surface area (Å²) in [5.74, 6) is 0.767. The van der Waals surface area contributed by atoms with Gasteiger partial charge in [-0.15, -0.1) is 0 Å². The van der Waals surface area contributed by atoms with Crippen molar-refractivity contribution in [1.82, 2.24) is 19.9 Å². The second kappa shape index (κ2) is 10.7. The number of carbonyl (C=O) groups excluding carboxylic acids is 1. The molecule has 3 heterocycles. The summed E-state index contributed by atoms with van der Waals surface area (Å²) in [7, 11) is -2.90. The molecule has 0 radical (unpaired) electrons. The maximum absolute atomic E-state index is 12.6. The Bertz CT molecular complexity index is 1620. The average molecular weight is 562 g/mol. The van der Waals surface area contributed by atoms with Crippen molar-refractivity contribution in [2.45, 2.75) is 48.6 Å². The zero-order valence-corrected chi connectivity index (χ0v) is 23.4. The minimum absolute atomic E-state index is 0.0265. The smallest absolute Gasteiger partial charge is 0.251 e. The molecule has 1 saturated carbocycles. The van der Waals surface area contributed by atoms with Gasteiger partial charge in [-0.1, -0.05) is 36.0 Å². The topological polar surface area (TPSA) is 105 Å². The van der Waals surface area contributed by atoms with E-state index in [1.54, 1.807) is 11.8 Å². The van der Waals surface area contributed by atoms with Gasteiger partial charge in [-0.3, -0.25) is 4.79 Å². The van der Waals surface area contributed by atoms with Gasteiger partial charge in [-0.2, -0.15) is 5.10 Å². The first-order valence-corrected chi connectivity index (χ1v) is 16.0. The van der Waals surface area contributed by atoms with Gasteiger partial charge >= 0.3 is 0 Å². The first kappa shape index (κ1) is 25.9. The number of nitrogens with one attached hydrogen (secondary N) is 2. The largest absolute Gasteiger partial charge is 0.382 e. The van der Waals surface area contributed by atoms with Crippen molar-refractivity contribution in [2.24, 2.45) is 5.92 Å². The summed E-state index contributed by atoms with van der Waals surface area (Å²) >= 11 is 1.57. The Labute approximate surface area is 232 Å². The first-order chi connectivity index (χ1) is 18.8. The predicted molar refractivity (Wildman–Crippen MR) is 154 cm³/mol. The van der Waals surface area contributed by atoms with Gasteiger partial charge < -0.3 is 10.6 Å². The number of anilines is 1. The summed E-state index contributed by atoms with van der Waals surface area (Å²) in [6.07, 6.45) is 5.26. The Balaban J connectivity index is 1.32. The third-order valence-corrected chi connectivity index (χ3v) is 9.98. The standard InChI is InChI=1S/C29H31N5O3S2/c1-19-15-21(7-10-24(19)29(35)32-22-8-9-22)26-18-31-28-25(30-17-20-11-13-39(36,37)14-12-20)16-27(33-34(26)28)38-23-5-3-2-4-6-23/h2-7,10,15-16,18,20,22,30H,8-9,11-14,17H2,1H3,(H,32,35). The molecule has 2 fully saturated rings. The van der Waals surface area contributed by atoms with Crippen molar-refractivity contribution in [3.05, 3.63) is 71.9 Å². The van der Waals surface area contributed by atoms with Crippen LogP contribution in [0.4, 0.5) is 5.69 Å². The van der Waals surface area contributed by atoms with Gasteiger partial charge in [0.1, 0.15) is 14.9 Å². The van der Waals surface area contributed by atoms with Crippen LogP contribution >= 0.6 is 11.8 Å². The summed E-state index contributed by atoms with van der Waals surface area (Å²) in [6.45, 7) is 2.63. The molecule has 0 spiro atoms. The van der Waals surface area contributed by atoms with E-state index in [0.717, 1.165) is 45.3 Å². The van der Waals surface area contributed by atoms with Gasteiger partial charge in [0.05, 0.1) is 29.1 Å². The van der Waals surface area contributed by atoms with E-state index < -0.39 is 9.84 Å². The van der Waals surface area contributed by atoms with Crippen molar-refractivity contribution in [1.29, 1.82) is 0 Å². The number of rotatable bonds is 8. The number of amides is 1. The molecule has 1 amide bonds. The van der Waals surface area contributed by atoms with Crippen LogP contribution in [-0.4, -0.2) is 53.0 Å². The van der Waals surface area contributed by atoms with Crippen molar-refractivity contribution >= 4 is 38.8 Å². The fourth-order valence-corrected chi connectivity index (χ4v) is 7.32. The lowest BCUT2D eigenvalue weighted by Gasteiger charge is -2.22. The second-order valence-corrected chi connectivity index (χ2v) is 13.8. The highest BCUT2D eigenvalue weighted by Gasteiger charge is 2.25. The maximum atomic E-state index is 12.6. The number of hydrogen-bond acceptors (Lipinski definition) is 7. The van der Waals surface area contributed by atoms with Gasteiger partial charge in [0.15, 0.2) is 5.65 Å². The molecule has 1 saturated heterocycles. The van der Waals surface area contributed by atoms with Gasteiger partial charge in [0, 0.05) is 28.6 Å². The predicted octanol–water partition coefficient (Wildman–Crippen LogP) is 4.98. The van der Waals surface area contributed by atoms with E-state index in [4.69, 9.17) is 10.1 Å². The molecule has 6 rings (SSSR count). The average Bonchev–Trinajstić information content (AvgIpc) is 3.63. The number of sulfone groups is 1. The quantitative estimate of drug-likeness (QED) is 0.312. The number of aryl methyl sites for hydroxylation is 1. The fraction of sp³-hybridized carbons (Fsp3) is 0.345. The van der Waals surface area contributed by atoms with Gasteiger partial charge in [-0.05, 0) is 74.4 Å². The zero-order valence-electron chi connectivity index (χ0n) is 21.8. The summed E-state index contributed by atoms with van der Waals surface area (Å²) in [5.41, 5.74) is 4.93. The van der Waals surface area contributed by atoms with E-state index >= 15 is 0 Å². The molecule has 0 bridgehead atoms. The fourth-order valence-electron chi connectivity index (χ4n) is 4.90. The third kappa shape index (κ3) is 5.96. The van der Waals surface area contributed by atoms with Crippen LogP contribution in [0.5, 0.6) is 0 Å². The van der Waals surface area contributed by atoms with Crippen LogP contribution in [0.25, 0.3) is 16.9 Å². The highest BCUT2D eigenvalue weighted by molar-refractivity contribution is 7.99. The van der Waals surface area contributed by atoms with Crippen molar-refractivity contribution < 1.29 is 13.2 Å². The molecular formula is C29H31N5O3S2. The maximum Gasteiger partial charge on any atom is 0.251 e. The highest BCUT2D eigenvalue weighted by atomic mass is 32.2. The molecule has 0 unspecified atom stereocenters. The lowest BCUT2D eigenvalue weighted by Crippen LogP contribution is -2.27. The van der Waals surface area contributed by atoms with E-state index in [-0.39, 0.29) is 17.4 Å². The molecule has 39 heavy (non-hydrogen) atoms. The SMILES string of the molecule is Cc1cc(-c2cnc3c(NCC4CCS(=O)(=O)CC4)cc(Sc4ccccc4)nn23)ccc1C(=O)NC1CC1. The number of hydrogen-bond donors (Lipinski definition) is 2. The van der Waals surface area contributed by atoms with Gasteiger partial charge in [0.2, 0.25) is 0 Å². The Hall–Kier alpha value is -3.37. The van der Waals surface area contributed by atoms with Crippen LogP contribution in [0.2, 0.25) is 0 Å². The minimum Gasteiger partial charge on any atom is -0.382 e. The highest BCUT2D eigenvalue weighted by Crippen LogP contribution is 2.32. The normalized spacial score (nSPS) is 17.3. The summed E-state index contributed by atoms with van der Waals surface area (Å²) in [6, 6.07) is 18.3. The molecule has 1 aliphatic carbocycles. The monoisotopic (exact) mass is 561 g/mol. The van der Waals surface area contributed by atoms with Crippen LogP contribution in [0.1, 0.15) is 41.6 Å². The van der Waals surface area contributed by atoms with E-state index in [9.17, 15) is 13.2 Å². The van der Waals surface area contributed by atoms with Crippen molar-refractivity contribution in [3.63, 3.8) is 0 Å². The number of aromatic nitrogens is 3. The molecule has 0 atom stereocenters. The van der Waals surface area contributed by atoms with Crippen molar-refractivity contribution in [3.8, 4) is 11.3 Å². The Morgan fingerprint density at radius 1 is 1.05 bits per heavy atom. The zero-order chi connectivity index (χ0) is 27.0. The van der Waals surface area contributed by atoms with E-state index in [2.05, 4.69) is 22.8 Å². The van der Waals surface area contributed by atoms with Crippen LogP contribution in [-0.2, 0) is 9.84 Å². The van der Waals surface area contributed by atoms with Crippen LogP contribution in [0.3, 0.4) is 0 Å². The van der Waals surface area contributed by atoms with Gasteiger partial charge in [-0.25, -0.2) is 17.9 Å². The number of fused-ring (bicyclic) bond motifs is 1. The third-order valence-electron chi connectivity index (χ3n) is 7.35. The summed E-state index contributed by atoms with van der Waals surface area (Å²) in [4.78, 5) is 18.4. The molecule has 10 heteroatoms. The molecular weight excluding hydrogens is 530 g/mol. The molecule has 2 aromatic heterocycles. The number of benzene rings is 2. The number of nitrogens with zero attached hydrogens (tertiary/aromatic N) is 3. The number of imidazole rings is 1. The Kier molecular flexibility index (Phi) is 7.07. The summed E-state index contributed by atoms with van der Waals surface area (Å²) < 4.78 is 25.6. The lowest BCUT2D eigenvalue weighted by molar-refractivity contribution is 0.0950. The molecule has 202 valence electrons. The number of carbonyl (C=O) groups is 1. The van der Waals surface area contributed by atoms with Crippen LogP contribution < -0.4 is 10.6 Å². The van der Waals surface area contributed by atoms with Crippen LogP contribution in [0.15, 0.2) is 70.7 Å². The molecule has 2 N–H and O–H groups in total. The second-order valence-electron chi connectivity index (χ2n) is 10.4. The summed E-state index contributed by atoms with van der Waals surface area (Å²) in [5, 5.41) is 12.4. The molecule has 8 nitrogen and oxygen atoms in total. The Morgan fingerprint density at radius 3 is 2.54 bits per heavy atom. The van der Waals surface area contributed by atoms with E-state index in [0.29, 0.717) is 42.6 Å². The van der Waals surface area contributed by atoms with Crippen LogP contribution in [0, 0.1) is 12.8 Å². The van der Waals surface area contributed by atoms with Gasteiger partial charge in [0.25, 0.3) is 5.91 Å². The van der Waals surface area contributed by atoms with E-state index in [1.807, 2.05) is 60.1 Å². The molecule has 4 aromatic rings. The molecule has 2 aromatic carbocycles. The van der Waals surface area contributed by atoms with E-state index in [1.165, 1.54) is 0 Å². The lowest BCUT2D eigenvalue weighted by atomic mass is 10.0. The molecule has 2 aliphatic rings. The van der Waals surface area contributed by atoms with Crippen molar-refractivity contribution in [2.75, 3.05) is 23.4 Å². The molecule has 1 aliphatic heterocycles.